The minimum Gasteiger partial charge on any atom is -0.508 e. The molecule has 1 fully saturated rings. The maximum Gasteiger partial charge on any atom is 0.328 e. The zero-order valence-corrected chi connectivity index (χ0v) is 38.6. The van der Waals surface area contributed by atoms with Gasteiger partial charge in [0.05, 0.1) is 19.1 Å². The molecule has 10 atom stereocenters. The number of nitrogens with two attached hydrogens (primary N) is 3. The van der Waals surface area contributed by atoms with E-state index in [-0.39, 0.29) is 44.4 Å². The average Bonchev–Trinajstić information content (AvgIpc) is 3.80. The third-order valence-electron chi connectivity index (χ3n) is 11.5. The van der Waals surface area contributed by atoms with Gasteiger partial charge >= 0.3 is 5.97 Å². The van der Waals surface area contributed by atoms with Crippen molar-refractivity contribution in [2.75, 3.05) is 13.2 Å². The molecule has 0 radical (unpaired) electrons. The van der Waals surface area contributed by atoms with Gasteiger partial charge in [-0.05, 0) is 55.4 Å². The Balaban J connectivity index is 1.93. The Morgan fingerprint density at radius 2 is 1.25 bits per heavy atom. The van der Waals surface area contributed by atoms with Crippen LogP contribution in [-0.2, 0) is 60.8 Å². The Morgan fingerprint density at radius 3 is 1.81 bits per heavy atom. The van der Waals surface area contributed by atoms with Crippen LogP contribution in [0.15, 0.2) is 54.6 Å². The normalized spacial score (nSPS) is 17.2. The van der Waals surface area contributed by atoms with E-state index in [1.54, 1.807) is 44.2 Å². The van der Waals surface area contributed by atoms with Crippen molar-refractivity contribution in [3.63, 3.8) is 0 Å². The summed E-state index contributed by atoms with van der Waals surface area (Å²) in [6.45, 7) is 3.67. The number of rotatable bonds is 27. The van der Waals surface area contributed by atoms with Gasteiger partial charge in [-0.3, -0.25) is 43.2 Å². The predicted octanol–water partition coefficient (Wildman–Crippen LogP) is -3.95. The maximum absolute atomic E-state index is 14.6. The average molecular weight is 969 g/mol. The lowest BCUT2D eigenvalue weighted by Gasteiger charge is -2.31. The fourth-order valence-electron chi connectivity index (χ4n) is 7.36. The van der Waals surface area contributed by atoms with Crippen LogP contribution in [0.25, 0.3) is 0 Å². The van der Waals surface area contributed by atoms with Crippen LogP contribution in [0.4, 0.5) is 0 Å². The summed E-state index contributed by atoms with van der Waals surface area (Å²) in [4.78, 5) is 134. The Kier molecular flexibility index (Phi) is 22.0. The minimum absolute atomic E-state index is 0.0282. The number of aliphatic carboxylic acids is 1. The van der Waals surface area contributed by atoms with Gasteiger partial charge in [0.25, 0.3) is 0 Å². The zero-order chi connectivity index (χ0) is 51.5. The summed E-state index contributed by atoms with van der Waals surface area (Å²) in [5.41, 5.74) is 17.5. The molecular weight excluding hydrogens is 905 g/mol. The van der Waals surface area contributed by atoms with E-state index < -0.39 is 139 Å². The van der Waals surface area contributed by atoms with Crippen LogP contribution in [0.2, 0.25) is 0 Å². The quantitative estimate of drug-likeness (QED) is 0.0407. The summed E-state index contributed by atoms with van der Waals surface area (Å²) in [5.74, 6) is -10.6. The molecule has 16 N–H and O–H groups in total. The van der Waals surface area contributed by atoms with E-state index >= 15 is 0 Å². The highest BCUT2D eigenvalue weighted by Gasteiger charge is 2.41. The summed E-state index contributed by atoms with van der Waals surface area (Å²) in [6, 6.07) is 2.10. The van der Waals surface area contributed by atoms with Crippen molar-refractivity contribution < 1.29 is 68.4 Å². The van der Waals surface area contributed by atoms with Gasteiger partial charge in [0.15, 0.2) is 6.04 Å². The van der Waals surface area contributed by atoms with Gasteiger partial charge in [-0.1, -0.05) is 62.7 Å². The number of carboxylic acids is 1. The lowest BCUT2D eigenvalue weighted by molar-refractivity contribution is -0.145. The number of phenols is 1. The van der Waals surface area contributed by atoms with Gasteiger partial charge in [-0.15, -0.1) is 0 Å². The topological polar surface area (TPSA) is 405 Å². The number of hydrogen-bond acceptors (Lipinski definition) is 14. The Labute approximate surface area is 397 Å². The number of aliphatic hydroxyl groups is 2. The zero-order valence-electron chi connectivity index (χ0n) is 38.6. The van der Waals surface area contributed by atoms with Crippen LogP contribution in [0.3, 0.4) is 0 Å². The largest absolute Gasteiger partial charge is 0.508 e. The molecule has 378 valence electrons. The van der Waals surface area contributed by atoms with E-state index in [9.17, 15) is 68.4 Å². The molecule has 2 aromatic carbocycles. The highest BCUT2D eigenvalue weighted by atomic mass is 16.4. The van der Waals surface area contributed by atoms with Crippen molar-refractivity contribution in [3.8, 4) is 5.75 Å². The summed E-state index contributed by atoms with van der Waals surface area (Å²) in [5, 5.41) is 53.5. The smallest absolute Gasteiger partial charge is 0.328 e. The molecular formula is C45H64N10O14. The lowest BCUT2D eigenvalue weighted by Crippen LogP contribution is -2.61. The van der Waals surface area contributed by atoms with Crippen LogP contribution in [0.5, 0.6) is 5.75 Å². The van der Waals surface area contributed by atoms with Gasteiger partial charge in [0.1, 0.15) is 48.0 Å². The molecule has 69 heavy (non-hydrogen) atoms. The number of benzene rings is 2. The monoisotopic (exact) mass is 968 g/mol. The number of nitrogens with zero attached hydrogens (tertiary/aromatic N) is 1. The number of phenolic OH excluding ortho intramolecular Hbond substituents is 1. The van der Waals surface area contributed by atoms with Crippen molar-refractivity contribution in [1.29, 1.82) is 0 Å². The van der Waals surface area contributed by atoms with E-state index in [4.69, 9.17) is 17.2 Å². The first-order chi connectivity index (χ1) is 32.6. The summed E-state index contributed by atoms with van der Waals surface area (Å²) in [7, 11) is 0. The van der Waals surface area contributed by atoms with Crippen LogP contribution >= 0.6 is 0 Å². The number of carboxylic acid groups (broad SMARTS) is 1. The summed E-state index contributed by atoms with van der Waals surface area (Å²) < 4.78 is 0. The molecule has 0 unspecified atom stereocenters. The van der Waals surface area contributed by atoms with Gasteiger partial charge < -0.3 is 74.4 Å². The standard InChI is InChI=1S/C45H64N10O14/c1-4-23(2)36(43(66)54-37(24(3)57)45(68)69)53-39(62)29(16-17-34(47)59)49-42(65)33-11-8-18-55(33)44(67)32(20-26-12-14-27(58)15-13-26)52-41(64)31(21-35(48)60)51-40(63)30(50-38(61)28(46)22-56)19-25-9-6-5-7-10-25/h5-7,9-10,12-15,23-24,28-33,36-37,56-58H,4,8,11,16-22,46H2,1-3H3,(H2,47,59)(H2,48,60)(H,49,65)(H,50,61)(H,51,63)(H,52,64)(H,53,62)(H,54,66)(H,68,69)/t23-,24+,28-,29-,30-,31-,32-,33-,36-,37-/m0/s1. The number of hydrogen-bond donors (Lipinski definition) is 13. The molecule has 1 heterocycles. The first-order valence-electron chi connectivity index (χ1n) is 22.3. The second kappa shape index (κ2) is 27.0. The molecule has 9 amide bonds. The fourth-order valence-corrected chi connectivity index (χ4v) is 7.36. The Morgan fingerprint density at radius 1 is 0.696 bits per heavy atom. The Hall–Kier alpha value is -7.18. The van der Waals surface area contributed by atoms with Crippen molar-refractivity contribution in [3.05, 3.63) is 65.7 Å². The van der Waals surface area contributed by atoms with Crippen LogP contribution in [0, 0.1) is 5.92 Å². The first-order valence-corrected chi connectivity index (χ1v) is 22.3. The van der Waals surface area contributed by atoms with Gasteiger partial charge in [0, 0.05) is 25.8 Å². The highest BCUT2D eigenvalue weighted by Crippen LogP contribution is 2.22. The molecule has 0 aliphatic carbocycles. The minimum atomic E-state index is -1.72. The Bertz CT molecular complexity index is 2140. The second-order valence-corrected chi connectivity index (χ2v) is 16.9. The number of carbonyl (C=O) groups is 10. The maximum atomic E-state index is 14.6. The van der Waals surface area contributed by atoms with E-state index in [1.165, 1.54) is 24.3 Å². The van der Waals surface area contributed by atoms with Gasteiger partial charge in [0.2, 0.25) is 53.2 Å². The van der Waals surface area contributed by atoms with Crippen molar-refractivity contribution in [1.82, 2.24) is 36.8 Å². The van der Waals surface area contributed by atoms with Gasteiger partial charge in [-0.25, -0.2) is 4.79 Å². The molecule has 24 heteroatoms. The number of likely N-dealkylation sites (tertiary alicyclic amines) is 1. The number of nitrogens with one attached hydrogen (secondary N) is 6. The molecule has 24 nitrogen and oxygen atoms in total. The summed E-state index contributed by atoms with van der Waals surface area (Å²) >= 11 is 0. The molecule has 3 rings (SSSR count). The van der Waals surface area contributed by atoms with E-state index in [0.717, 1.165) is 11.8 Å². The highest BCUT2D eigenvalue weighted by molar-refractivity contribution is 5.99. The third-order valence-corrected chi connectivity index (χ3v) is 11.5. The first kappa shape index (κ1) is 56.1. The number of carbonyl (C=O) groups excluding carboxylic acids is 9. The molecule has 1 aliphatic heterocycles. The van der Waals surface area contributed by atoms with Crippen molar-refractivity contribution in [2.45, 2.75) is 127 Å². The lowest BCUT2D eigenvalue weighted by atomic mass is 9.96. The molecule has 0 bridgehead atoms. The number of amides is 9. The predicted molar refractivity (Wildman–Crippen MR) is 244 cm³/mol. The van der Waals surface area contributed by atoms with Crippen LogP contribution in [-0.4, -0.2) is 152 Å². The molecule has 2 aromatic rings. The van der Waals surface area contributed by atoms with Crippen molar-refractivity contribution >= 4 is 59.1 Å². The third kappa shape index (κ3) is 17.4. The number of aromatic hydroxyl groups is 1. The van der Waals surface area contributed by atoms with Gasteiger partial charge in [-0.2, -0.15) is 0 Å². The SMILES string of the molecule is CC[C@H](C)[C@H](NC(=O)[C@H](CCC(N)=O)NC(=O)[C@@H]1CCCN1C(=O)[C@H](Cc1ccc(O)cc1)NC(=O)[C@H](CC(N)=O)NC(=O)[C@H](Cc1ccccc1)NC(=O)[C@@H](N)CO)C(=O)N[C@H](C(=O)O)[C@@H](C)O. The molecule has 0 saturated carbocycles. The molecule has 1 saturated heterocycles. The van der Waals surface area contributed by atoms with E-state index in [2.05, 4.69) is 31.9 Å². The fraction of sp³-hybridized carbons (Fsp3) is 0.511. The van der Waals surface area contributed by atoms with Crippen LogP contribution < -0.4 is 49.1 Å². The molecule has 0 aromatic heterocycles. The van der Waals surface area contributed by atoms with E-state index in [1.807, 2.05) is 0 Å². The van der Waals surface area contributed by atoms with Crippen LogP contribution in [0.1, 0.15) is 70.4 Å². The molecule has 0 spiro atoms. The molecule has 1 aliphatic rings. The van der Waals surface area contributed by atoms with Crippen molar-refractivity contribution in [2.24, 2.45) is 23.1 Å². The second-order valence-electron chi connectivity index (χ2n) is 16.9. The number of aliphatic hydroxyl groups excluding tert-OH is 2. The summed E-state index contributed by atoms with van der Waals surface area (Å²) in [6.07, 6.45) is -2.77. The van der Waals surface area contributed by atoms with E-state index in [0.29, 0.717) is 17.5 Å². The number of primary amides is 2.